The second-order valence-corrected chi connectivity index (χ2v) is 3.37. The number of aliphatic carboxylic acids is 3. The van der Waals surface area contributed by atoms with Gasteiger partial charge in [0.15, 0.2) is 0 Å². The van der Waals surface area contributed by atoms with Crippen LogP contribution in [0.3, 0.4) is 0 Å². The smallest absolute Gasteiger partial charge is 0.343 e. The molecule has 3 N–H and O–H groups in total. The third-order valence-electron chi connectivity index (χ3n) is 2.49. The Labute approximate surface area is 88.2 Å². The Hall–Kier alpha value is -2.15. The van der Waals surface area contributed by atoms with Crippen LogP contribution >= 0.6 is 0 Å². The summed E-state index contributed by atoms with van der Waals surface area (Å²) in [7, 11) is 0. The summed E-state index contributed by atoms with van der Waals surface area (Å²) in [6.07, 6.45) is 0.776. The first-order chi connectivity index (χ1) is 7.40. The van der Waals surface area contributed by atoms with E-state index in [0.29, 0.717) is 0 Å². The zero-order chi connectivity index (χ0) is 12.1. The number of carboxylic acid groups (broad SMARTS) is 3. The summed E-state index contributed by atoms with van der Waals surface area (Å²) in [4.78, 5) is 32.4. The zero-order valence-corrected chi connectivity index (χ0v) is 7.71. The number of fused-ring (bicyclic) bond motifs is 1. The molecule has 0 amide bonds. The number of ether oxygens (including phenoxy) is 1. The van der Waals surface area contributed by atoms with Gasteiger partial charge in [-0.25, -0.2) is 14.4 Å². The van der Waals surface area contributed by atoms with E-state index in [1.807, 2.05) is 0 Å². The van der Waals surface area contributed by atoms with Gasteiger partial charge in [0.1, 0.15) is 6.10 Å². The van der Waals surface area contributed by atoms with Crippen molar-refractivity contribution in [1.29, 1.82) is 0 Å². The Morgan fingerprint density at radius 3 is 2.25 bits per heavy atom. The van der Waals surface area contributed by atoms with E-state index in [9.17, 15) is 14.4 Å². The minimum Gasteiger partial charge on any atom is -0.479 e. The van der Waals surface area contributed by atoms with Gasteiger partial charge >= 0.3 is 17.9 Å². The second-order valence-electron chi connectivity index (χ2n) is 3.37. The predicted octanol–water partition coefficient (Wildman–Crippen LogP) is -0.756. The highest BCUT2D eigenvalue weighted by molar-refractivity contribution is 6.05. The highest BCUT2D eigenvalue weighted by atomic mass is 16.6. The fraction of sp³-hybridized carbons (Fsp3) is 0.222. The number of rotatable bonds is 3. The van der Waals surface area contributed by atoms with Gasteiger partial charge in [0, 0.05) is 0 Å². The Morgan fingerprint density at radius 2 is 1.81 bits per heavy atom. The predicted molar refractivity (Wildman–Crippen MR) is 46.7 cm³/mol. The van der Waals surface area contributed by atoms with Gasteiger partial charge < -0.3 is 20.1 Å². The Morgan fingerprint density at radius 1 is 1.19 bits per heavy atom. The monoisotopic (exact) mass is 226 g/mol. The van der Waals surface area contributed by atoms with E-state index in [-0.39, 0.29) is 0 Å². The molecule has 84 valence electrons. The van der Waals surface area contributed by atoms with Gasteiger partial charge in [-0.3, -0.25) is 0 Å². The van der Waals surface area contributed by atoms with Crippen LogP contribution in [-0.2, 0) is 19.1 Å². The standard InChI is InChI=1S/C9H6O7/c10-6(11)3-1-2-9(8(14)15)5(16-9)4(3)7(12)13/h1-2,5H,(H,10,11)(H,12,13)(H,14,15). The summed E-state index contributed by atoms with van der Waals surface area (Å²) in [6.45, 7) is 0. The molecule has 0 aromatic heterocycles. The van der Waals surface area contributed by atoms with Gasteiger partial charge in [-0.2, -0.15) is 0 Å². The average Bonchev–Trinajstić information content (AvgIpc) is 2.90. The maximum absolute atomic E-state index is 10.8. The number of hydrogen-bond acceptors (Lipinski definition) is 4. The van der Waals surface area contributed by atoms with E-state index in [4.69, 9.17) is 20.1 Å². The first kappa shape index (κ1) is 10.4. The number of carboxylic acids is 3. The molecule has 0 bridgehead atoms. The van der Waals surface area contributed by atoms with E-state index in [1.54, 1.807) is 0 Å². The summed E-state index contributed by atoms with van der Waals surface area (Å²) in [5.74, 6) is -4.25. The van der Waals surface area contributed by atoms with Crippen LogP contribution in [0.15, 0.2) is 23.3 Å². The molecule has 16 heavy (non-hydrogen) atoms. The third kappa shape index (κ3) is 1.15. The quantitative estimate of drug-likeness (QED) is 0.540. The van der Waals surface area contributed by atoms with Crippen LogP contribution in [0, 0.1) is 0 Å². The lowest BCUT2D eigenvalue weighted by molar-refractivity contribution is -0.141. The van der Waals surface area contributed by atoms with Gasteiger partial charge in [-0.05, 0) is 12.2 Å². The first-order valence-corrected chi connectivity index (χ1v) is 4.21. The molecule has 0 saturated carbocycles. The van der Waals surface area contributed by atoms with Crippen molar-refractivity contribution < 1.29 is 34.4 Å². The summed E-state index contributed by atoms with van der Waals surface area (Å²) >= 11 is 0. The first-order valence-electron chi connectivity index (χ1n) is 4.21. The number of hydrogen-bond donors (Lipinski definition) is 3. The molecule has 0 radical (unpaired) electrons. The van der Waals surface area contributed by atoms with Crippen molar-refractivity contribution >= 4 is 17.9 Å². The molecule has 0 spiro atoms. The lowest BCUT2D eigenvalue weighted by atomic mass is 9.89. The third-order valence-corrected chi connectivity index (χ3v) is 2.49. The fourth-order valence-corrected chi connectivity index (χ4v) is 1.65. The van der Waals surface area contributed by atoms with E-state index >= 15 is 0 Å². The fourth-order valence-electron chi connectivity index (χ4n) is 1.65. The van der Waals surface area contributed by atoms with Crippen molar-refractivity contribution in [1.82, 2.24) is 0 Å². The molecular weight excluding hydrogens is 220 g/mol. The maximum atomic E-state index is 10.8. The van der Waals surface area contributed by atoms with Crippen LogP contribution in [0.2, 0.25) is 0 Å². The molecule has 2 rings (SSSR count). The molecule has 7 nitrogen and oxygen atoms in total. The molecule has 1 aliphatic carbocycles. The molecule has 2 unspecified atom stereocenters. The number of epoxide rings is 1. The summed E-state index contributed by atoms with van der Waals surface area (Å²) < 4.78 is 4.79. The maximum Gasteiger partial charge on any atom is 0.343 e. The van der Waals surface area contributed by atoms with Crippen LogP contribution in [-0.4, -0.2) is 44.9 Å². The number of carbonyl (C=O) groups is 3. The summed E-state index contributed by atoms with van der Waals surface area (Å²) in [5, 5.41) is 26.4. The molecule has 1 fully saturated rings. The molecule has 0 aromatic rings. The Kier molecular flexibility index (Phi) is 1.89. The van der Waals surface area contributed by atoms with Crippen LogP contribution < -0.4 is 0 Å². The summed E-state index contributed by atoms with van der Waals surface area (Å²) in [5.41, 5.74) is -2.68. The molecule has 2 aliphatic rings. The van der Waals surface area contributed by atoms with Crippen molar-refractivity contribution in [2.75, 3.05) is 0 Å². The van der Waals surface area contributed by atoms with Crippen LogP contribution in [0.5, 0.6) is 0 Å². The molecule has 1 heterocycles. The van der Waals surface area contributed by atoms with E-state index in [1.165, 1.54) is 0 Å². The normalized spacial score (nSPS) is 30.9. The molecule has 2 atom stereocenters. The van der Waals surface area contributed by atoms with Crippen molar-refractivity contribution in [3.05, 3.63) is 23.3 Å². The van der Waals surface area contributed by atoms with Crippen LogP contribution in [0.1, 0.15) is 0 Å². The molecular formula is C9H6O7. The van der Waals surface area contributed by atoms with Crippen molar-refractivity contribution in [3.8, 4) is 0 Å². The van der Waals surface area contributed by atoms with Crippen molar-refractivity contribution in [2.24, 2.45) is 0 Å². The minimum absolute atomic E-state index is 0.452. The second kappa shape index (κ2) is 2.92. The topological polar surface area (TPSA) is 124 Å². The highest BCUT2D eigenvalue weighted by Gasteiger charge is 2.66. The van der Waals surface area contributed by atoms with Gasteiger partial charge in [0.05, 0.1) is 11.1 Å². The van der Waals surface area contributed by atoms with Crippen molar-refractivity contribution in [2.45, 2.75) is 11.7 Å². The van der Waals surface area contributed by atoms with E-state index in [0.717, 1.165) is 12.2 Å². The van der Waals surface area contributed by atoms with E-state index < -0.39 is 40.8 Å². The van der Waals surface area contributed by atoms with Gasteiger partial charge in [-0.15, -0.1) is 0 Å². The highest BCUT2D eigenvalue weighted by Crippen LogP contribution is 2.47. The minimum atomic E-state index is -1.70. The largest absolute Gasteiger partial charge is 0.479 e. The summed E-state index contributed by atoms with van der Waals surface area (Å²) in [6, 6.07) is 0. The van der Waals surface area contributed by atoms with Gasteiger partial charge in [0.2, 0.25) is 5.60 Å². The molecule has 7 heteroatoms. The SMILES string of the molecule is O=C(O)C1=C(C(=O)O)C2OC2(C(=O)O)C=C1. The van der Waals surface area contributed by atoms with Crippen LogP contribution in [0.4, 0.5) is 0 Å². The van der Waals surface area contributed by atoms with Gasteiger partial charge in [0.25, 0.3) is 0 Å². The zero-order valence-electron chi connectivity index (χ0n) is 7.71. The Balaban J connectivity index is 2.49. The van der Waals surface area contributed by atoms with E-state index in [2.05, 4.69) is 0 Å². The molecule has 1 saturated heterocycles. The van der Waals surface area contributed by atoms with Gasteiger partial charge in [-0.1, -0.05) is 0 Å². The Bertz CT molecular complexity index is 472. The lowest BCUT2D eigenvalue weighted by Crippen LogP contribution is -2.30. The lowest BCUT2D eigenvalue weighted by Gasteiger charge is -2.09. The van der Waals surface area contributed by atoms with Crippen molar-refractivity contribution in [3.63, 3.8) is 0 Å². The van der Waals surface area contributed by atoms with Crippen LogP contribution in [0.25, 0.3) is 0 Å². The molecule has 0 aromatic carbocycles. The average molecular weight is 226 g/mol. The molecule has 1 aliphatic heterocycles.